The average Bonchev–Trinajstić information content (AvgIpc) is 2.48. The van der Waals surface area contributed by atoms with Crippen LogP contribution in [0.2, 0.25) is 0 Å². The molecule has 4 heteroatoms. The standard InChI is InChI=1S/C9H20FN2P/c1-2-3-6-12(13)7-9-8(10)4-5-11-9/h8-9,11H,2-7,13H2,1H3. The van der Waals surface area contributed by atoms with Crippen molar-refractivity contribution in [1.82, 2.24) is 9.99 Å². The highest BCUT2D eigenvalue weighted by atomic mass is 31.0. The molecule has 0 radical (unpaired) electrons. The van der Waals surface area contributed by atoms with Crippen LogP contribution in [-0.2, 0) is 0 Å². The monoisotopic (exact) mass is 206 g/mol. The van der Waals surface area contributed by atoms with Gasteiger partial charge in [-0.1, -0.05) is 22.7 Å². The highest BCUT2D eigenvalue weighted by Crippen LogP contribution is 2.14. The van der Waals surface area contributed by atoms with E-state index in [0.29, 0.717) is 6.42 Å². The Bertz CT molecular complexity index is 146. The van der Waals surface area contributed by atoms with Crippen molar-refractivity contribution < 1.29 is 4.39 Å². The summed E-state index contributed by atoms with van der Waals surface area (Å²) in [6.07, 6.45) is 2.41. The number of alkyl halides is 1. The molecule has 1 aliphatic rings. The lowest BCUT2D eigenvalue weighted by molar-refractivity contribution is 0.268. The SMILES string of the molecule is CCCCN(P)CC1NCCC1F. The zero-order valence-electron chi connectivity index (χ0n) is 8.30. The Kier molecular flexibility index (Phi) is 5.15. The van der Waals surface area contributed by atoms with Crippen molar-refractivity contribution in [2.24, 2.45) is 0 Å². The van der Waals surface area contributed by atoms with E-state index in [1.165, 1.54) is 12.8 Å². The molecule has 2 nitrogen and oxygen atoms in total. The van der Waals surface area contributed by atoms with Crippen LogP contribution in [0, 0.1) is 0 Å². The second kappa shape index (κ2) is 5.90. The van der Waals surface area contributed by atoms with E-state index < -0.39 is 6.17 Å². The normalized spacial score (nSPS) is 28.6. The molecule has 1 saturated heterocycles. The van der Waals surface area contributed by atoms with Gasteiger partial charge in [0.15, 0.2) is 0 Å². The lowest BCUT2D eigenvalue weighted by Crippen LogP contribution is -2.37. The fraction of sp³-hybridized carbons (Fsp3) is 1.00. The molecule has 0 amide bonds. The van der Waals surface area contributed by atoms with Crippen LogP contribution in [0.3, 0.4) is 0 Å². The van der Waals surface area contributed by atoms with Gasteiger partial charge in [0.2, 0.25) is 0 Å². The Morgan fingerprint density at radius 2 is 2.38 bits per heavy atom. The summed E-state index contributed by atoms with van der Waals surface area (Å²) in [5.41, 5.74) is 0. The van der Waals surface area contributed by atoms with Gasteiger partial charge in [0.25, 0.3) is 0 Å². The van der Waals surface area contributed by atoms with Crippen molar-refractivity contribution in [2.45, 2.75) is 38.4 Å². The largest absolute Gasteiger partial charge is 0.310 e. The zero-order valence-corrected chi connectivity index (χ0v) is 9.45. The summed E-state index contributed by atoms with van der Waals surface area (Å²) in [5, 5.41) is 3.18. The smallest absolute Gasteiger partial charge is 0.118 e. The number of halogens is 1. The first-order valence-electron chi connectivity index (χ1n) is 5.11. The highest BCUT2D eigenvalue weighted by molar-refractivity contribution is 7.13. The minimum absolute atomic E-state index is 0.0503. The Morgan fingerprint density at radius 1 is 1.62 bits per heavy atom. The van der Waals surface area contributed by atoms with Crippen molar-refractivity contribution in [1.29, 1.82) is 0 Å². The molecule has 0 aromatic carbocycles. The molecular formula is C9H20FN2P. The maximum Gasteiger partial charge on any atom is 0.118 e. The quantitative estimate of drug-likeness (QED) is 0.687. The summed E-state index contributed by atoms with van der Waals surface area (Å²) in [6, 6.07) is 0.0503. The molecule has 0 aromatic rings. The van der Waals surface area contributed by atoms with E-state index in [9.17, 15) is 4.39 Å². The summed E-state index contributed by atoms with van der Waals surface area (Å²) < 4.78 is 15.3. The average molecular weight is 206 g/mol. The van der Waals surface area contributed by atoms with Crippen LogP contribution < -0.4 is 5.32 Å². The van der Waals surface area contributed by atoms with Gasteiger partial charge in [0.1, 0.15) is 6.17 Å². The first-order valence-corrected chi connectivity index (χ1v) is 5.62. The van der Waals surface area contributed by atoms with E-state index >= 15 is 0 Å². The van der Waals surface area contributed by atoms with E-state index in [2.05, 4.69) is 26.3 Å². The number of unbranched alkanes of at least 4 members (excludes halogenated alkanes) is 1. The van der Waals surface area contributed by atoms with Crippen LogP contribution in [0.1, 0.15) is 26.2 Å². The van der Waals surface area contributed by atoms with Gasteiger partial charge < -0.3 is 5.32 Å². The lowest BCUT2D eigenvalue weighted by atomic mass is 10.2. The number of hydrogen-bond acceptors (Lipinski definition) is 2. The number of rotatable bonds is 5. The van der Waals surface area contributed by atoms with Crippen molar-refractivity contribution >= 4 is 9.39 Å². The molecule has 3 atom stereocenters. The molecule has 1 aliphatic heterocycles. The fourth-order valence-corrected chi connectivity index (χ4v) is 2.03. The van der Waals surface area contributed by atoms with Crippen LogP contribution in [0.15, 0.2) is 0 Å². The van der Waals surface area contributed by atoms with Gasteiger partial charge in [0.05, 0.1) is 6.04 Å². The van der Waals surface area contributed by atoms with Gasteiger partial charge in [-0.05, 0) is 19.4 Å². The van der Waals surface area contributed by atoms with Gasteiger partial charge in [-0.2, -0.15) is 0 Å². The van der Waals surface area contributed by atoms with Gasteiger partial charge in [-0.15, -0.1) is 0 Å². The summed E-state index contributed by atoms with van der Waals surface area (Å²) in [4.78, 5) is 0. The van der Waals surface area contributed by atoms with E-state index in [0.717, 1.165) is 19.6 Å². The Labute approximate surface area is 82.5 Å². The molecule has 1 rings (SSSR count). The Morgan fingerprint density at radius 3 is 2.92 bits per heavy atom. The van der Waals surface area contributed by atoms with Crippen LogP contribution in [0.5, 0.6) is 0 Å². The van der Waals surface area contributed by atoms with Crippen molar-refractivity contribution in [3.05, 3.63) is 0 Å². The summed E-state index contributed by atoms with van der Waals surface area (Å²) >= 11 is 0. The van der Waals surface area contributed by atoms with Gasteiger partial charge in [-0.3, -0.25) is 4.67 Å². The van der Waals surface area contributed by atoms with Crippen molar-refractivity contribution in [2.75, 3.05) is 19.6 Å². The summed E-state index contributed by atoms with van der Waals surface area (Å²) in [7, 11) is 2.68. The third-order valence-electron chi connectivity index (χ3n) is 2.49. The maximum atomic E-state index is 13.2. The van der Waals surface area contributed by atoms with Crippen LogP contribution in [0.4, 0.5) is 4.39 Å². The third kappa shape index (κ3) is 3.88. The molecule has 0 aromatic heterocycles. The van der Waals surface area contributed by atoms with E-state index in [1.54, 1.807) is 0 Å². The molecule has 13 heavy (non-hydrogen) atoms. The highest BCUT2D eigenvalue weighted by Gasteiger charge is 2.26. The molecule has 3 unspecified atom stereocenters. The first-order chi connectivity index (χ1) is 6.24. The predicted molar refractivity (Wildman–Crippen MR) is 57.5 cm³/mol. The molecule has 0 spiro atoms. The second-order valence-electron chi connectivity index (χ2n) is 3.71. The van der Waals surface area contributed by atoms with Crippen molar-refractivity contribution in [3.8, 4) is 0 Å². The first kappa shape index (κ1) is 11.4. The van der Waals surface area contributed by atoms with Gasteiger partial charge in [-0.25, -0.2) is 4.39 Å². The number of nitrogens with zero attached hydrogens (tertiary/aromatic N) is 1. The number of nitrogens with one attached hydrogen (secondary N) is 1. The Hall–Kier alpha value is 0.280. The molecule has 78 valence electrons. The second-order valence-corrected chi connectivity index (χ2v) is 4.44. The zero-order chi connectivity index (χ0) is 9.68. The molecule has 1 heterocycles. The predicted octanol–water partition coefficient (Wildman–Crippen LogP) is 1.58. The molecule has 0 bridgehead atoms. The maximum absolute atomic E-state index is 13.2. The molecule has 0 saturated carbocycles. The summed E-state index contributed by atoms with van der Waals surface area (Å²) in [6.45, 7) is 4.86. The van der Waals surface area contributed by atoms with Crippen LogP contribution >= 0.6 is 9.39 Å². The number of hydrogen-bond donors (Lipinski definition) is 1. The molecule has 0 aliphatic carbocycles. The van der Waals surface area contributed by atoms with Gasteiger partial charge >= 0.3 is 0 Å². The fourth-order valence-electron chi connectivity index (χ4n) is 1.62. The van der Waals surface area contributed by atoms with Crippen LogP contribution in [-0.4, -0.2) is 36.5 Å². The molecular weight excluding hydrogens is 186 g/mol. The van der Waals surface area contributed by atoms with Gasteiger partial charge in [0, 0.05) is 13.1 Å². The molecule has 1 fully saturated rings. The minimum atomic E-state index is -0.648. The van der Waals surface area contributed by atoms with Crippen molar-refractivity contribution in [3.63, 3.8) is 0 Å². The van der Waals surface area contributed by atoms with E-state index in [4.69, 9.17) is 0 Å². The third-order valence-corrected chi connectivity index (χ3v) is 2.96. The topological polar surface area (TPSA) is 15.3 Å². The van der Waals surface area contributed by atoms with E-state index in [1.807, 2.05) is 0 Å². The summed E-state index contributed by atoms with van der Waals surface area (Å²) in [5.74, 6) is 0. The van der Waals surface area contributed by atoms with E-state index in [-0.39, 0.29) is 6.04 Å². The Balaban J connectivity index is 2.15. The van der Waals surface area contributed by atoms with Crippen LogP contribution in [0.25, 0.3) is 0 Å². The minimum Gasteiger partial charge on any atom is -0.310 e. The lowest BCUT2D eigenvalue weighted by Gasteiger charge is -2.21. The molecule has 1 N–H and O–H groups in total.